The lowest BCUT2D eigenvalue weighted by Crippen LogP contribution is -2.22. The monoisotopic (exact) mass is 506 g/mol. The number of carbonyl (C=O) groups is 4. The number of nitro benzene ring substituents is 2. The van der Waals surface area contributed by atoms with Crippen molar-refractivity contribution in [3.63, 3.8) is 0 Å². The first-order valence-electron chi connectivity index (χ1n) is 11.1. The Morgan fingerprint density at radius 3 is 1.11 bits per heavy atom. The molecule has 0 saturated carbocycles. The van der Waals surface area contributed by atoms with Crippen molar-refractivity contribution in [1.29, 1.82) is 0 Å². The molecule has 10 heteroatoms. The second kappa shape index (κ2) is 9.10. The highest BCUT2D eigenvalue weighted by molar-refractivity contribution is 6.30. The third kappa shape index (κ3) is 3.68. The van der Waals surface area contributed by atoms with E-state index in [1.54, 1.807) is 54.6 Å². The molecule has 0 bridgehead atoms. The lowest BCUT2D eigenvalue weighted by molar-refractivity contribution is -0.422. The molecule has 0 unspecified atom stereocenters. The Morgan fingerprint density at radius 1 is 0.421 bits per heavy atom. The molecule has 0 amide bonds. The van der Waals surface area contributed by atoms with Crippen molar-refractivity contribution in [3.8, 4) is 0 Å². The van der Waals surface area contributed by atoms with E-state index in [1.165, 1.54) is 18.2 Å². The van der Waals surface area contributed by atoms with Crippen molar-refractivity contribution in [2.24, 2.45) is 0 Å². The van der Waals surface area contributed by atoms with Gasteiger partial charge in [-0.2, -0.15) is 0 Å². The molecule has 0 heterocycles. The summed E-state index contributed by atoms with van der Waals surface area (Å²) in [6, 6.07) is 21.7. The van der Waals surface area contributed by atoms with Crippen LogP contribution in [0.25, 0.3) is 0 Å². The second-order valence-corrected chi connectivity index (χ2v) is 8.32. The fourth-order valence-electron chi connectivity index (χ4n) is 4.54. The highest BCUT2D eigenvalue weighted by atomic mass is 16.6. The molecule has 4 aromatic rings. The smallest absolute Gasteiger partial charge is 0.289 e. The van der Waals surface area contributed by atoms with E-state index < -0.39 is 38.4 Å². The van der Waals surface area contributed by atoms with Crippen LogP contribution in [0, 0.1) is 20.2 Å². The van der Waals surface area contributed by atoms with Crippen LogP contribution in [0.3, 0.4) is 0 Å². The maximum Gasteiger partial charge on any atom is 0.357 e. The molecule has 2 aliphatic carbocycles. The van der Waals surface area contributed by atoms with E-state index in [9.17, 15) is 39.4 Å². The number of benzene rings is 4. The topological polar surface area (TPSA) is 155 Å². The van der Waals surface area contributed by atoms with Crippen LogP contribution in [0.5, 0.6) is 0 Å². The number of hydrogen-bond donors (Lipinski definition) is 0. The predicted octanol–water partition coefficient (Wildman–Crippen LogP) is 4.74. The van der Waals surface area contributed by atoms with Gasteiger partial charge < -0.3 is 0 Å². The molecule has 0 aromatic heterocycles. The number of hydrogen-bond acceptors (Lipinski definition) is 8. The Bertz CT molecular complexity index is 1650. The summed E-state index contributed by atoms with van der Waals surface area (Å²) >= 11 is 0. The molecule has 0 atom stereocenters. The van der Waals surface area contributed by atoms with Gasteiger partial charge in [0.25, 0.3) is 0 Å². The fraction of sp³-hybridized carbons (Fsp3) is 0. The van der Waals surface area contributed by atoms with Crippen LogP contribution in [-0.2, 0) is 0 Å². The molecular weight excluding hydrogens is 492 g/mol. The Balaban J connectivity index is 0.000000162. The third-order valence-corrected chi connectivity index (χ3v) is 6.26. The minimum Gasteiger partial charge on any atom is -0.289 e. The van der Waals surface area contributed by atoms with Crippen molar-refractivity contribution < 1.29 is 29.0 Å². The third-order valence-electron chi connectivity index (χ3n) is 6.26. The maximum atomic E-state index is 12.5. The molecule has 0 saturated heterocycles. The second-order valence-electron chi connectivity index (χ2n) is 8.32. The largest absolute Gasteiger partial charge is 0.357 e. The van der Waals surface area contributed by atoms with Crippen LogP contribution in [0.4, 0.5) is 11.4 Å². The molecule has 38 heavy (non-hydrogen) atoms. The van der Waals surface area contributed by atoms with E-state index in [0.29, 0.717) is 22.3 Å². The first-order chi connectivity index (χ1) is 18.2. The van der Waals surface area contributed by atoms with E-state index >= 15 is 0 Å². The summed E-state index contributed by atoms with van der Waals surface area (Å²) in [6.45, 7) is 0. The SMILES string of the molecule is O=C1c2ccccc2C(=O)c2c1ccc([N+](=O)[O-])c2[N+](=O)[O-].O=C1c2ccccc2C(=O)c2ccccc21. The molecule has 0 radical (unpaired) electrons. The van der Waals surface area contributed by atoms with Crippen molar-refractivity contribution in [2.45, 2.75) is 0 Å². The van der Waals surface area contributed by atoms with E-state index in [1.807, 2.05) is 0 Å². The summed E-state index contributed by atoms with van der Waals surface area (Å²) in [5.74, 6) is -1.46. The molecule has 0 spiro atoms. The van der Waals surface area contributed by atoms with Crippen LogP contribution < -0.4 is 0 Å². The predicted molar refractivity (Wildman–Crippen MR) is 133 cm³/mol. The van der Waals surface area contributed by atoms with E-state index in [4.69, 9.17) is 0 Å². The molecular formula is C28H14N2O8. The molecule has 2 aliphatic rings. The number of carbonyl (C=O) groups excluding carboxylic acids is 4. The van der Waals surface area contributed by atoms with Gasteiger partial charge in [0.15, 0.2) is 17.3 Å². The van der Waals surface area contributed by atoms with Crippen LogP contribution in [0.15, 0.2) is 84.9 Å². The van der Waals surface area contributed by atoms with E-state index in [2.05, 4.69) is 0 Å². The Kier molecular flexibility index (Phi) is 5.76. The quantitative estimate of drug-likeness (QED) is 0.241. The summed E-state index contributed by atoms with van der Waals surface area (Å²) in [5.41, 5.74) is -0.329. The van der Waals surface area contributed by atoms with Crippen LogP contribution in [-0.4, -0.2) is 33.0 Å². The van der Waals surface area contributed by atoms with Gasteiger partial charge in [0, 0.05) is 45.0 Å². The normalized spacial score (nSPS) is 12.8. The minimum atomic E-state index is -1.00. The molecule has 6 rings (SSSR count). The zero-order valence-corrected chi connectivity index (χ0v) is 19.2. The van der Waals surface area contributed by atoms with Gasteiger partial charge in [-0.3, -0.25) is 39.4 Å². The Labute approximate surface area is 213 Å². The minimum absolute atomic E-state index is 0.00333. The van der Waals surface area contributed by atoms with Gasteiger partial charge in [0.05, 0.1) is 9.85 Å². The zero-order chi connectivity index (χ0) is 27.1. The van der Waals surface area contributed by atoms with Crippen molar-refractivity contribution in [3.05, 3.63) is 150 Å². The van der Waals surface area contributed by atoms with Crippen molar-refractivity contribution >= 4 is 34.5 Å². The summed E-state index contributed by atoms with van der Waals surface area (Å²) in [4.78, 5) is 69.2. The van der Waals surface area contributed by atoms with Gasteiger partial charge in [-0.15, -0.1) is 0 Å². The van der Waals surface area contributed by atoms with Gasteiger partial charge in [0.2, 0.25) is 5.78 Å². The standard InChI is InChI=1S/C14H6N2O6.C14H8O2/c17-13-7-3-1-2-4-8(7)14(18)11-9(13)5-6-10(15(19)20)12(11)16(21)22;15-13-9-5-1-2-6-10(9)14(16)12-8-4-3-7-11(12)13/h1-6H;1-8H. The lowest BCUT2D eigenvalue weighted by Gasteiger charge is -2.16. The summed E-state index contributed by atoms with van der Waals surface area (Å²) < 4.78 is 0. The van der Waals surface area contributed by atoms with E-state index in [-0.39, 0.29) is 28.3 Å². The van der Waals surface area contributed by atoms with Crippen LogP contribution in [0.2, 0.25) is 0 Å². The van der Waals surface area contributed by atoms with Gasteiger partial charge in [-0.25, -0.2) is 0 Å². The molecule has 4 aromatic carbocycles. The van der Waals surface area contributed by atoms with Gasteiger partial charge in [-0.05, 0) is 6.07 Å². The number of fused-ring (bicyclic) bond motifs is 4. The van der Waals surface area contributed by atoms with E-state index in [0.717, 1.165) is 12.1 Å². The van der Waals surface area contributed by atoms with Crippen molar-refractivity contribution in [2.75, 3.05) is 0 Å². The lowest BCUT2D eigenvalue weighted by atomic mass is 9.83. The number of ketones is 4. The van der Waals surface area contributed by atoms with Crippen LogP contribution >= 0.6 is 0 Å². The fourth-order valence-corrected chi connectivity index (χ4v) is 4.54. The highest BCUT2D eigenvalue weighted by Crippen LogP contribution is 2.38. The summed E-state index contributed by atoms with van der Waals surface area (Å²) in [7, 11) is 0. The van der Waals surface area contributed by atoms with Gasteiger partial charge >= 0.3 is 11.4 Å². The molecule has 0 aliphatic heterocycles. The first-order valence-corrected chi connectivity index (χ1v) is 11.1. The molecule has 0 fully saturated rings. The molecule has 184 valence electrons. The molecule has 0 N–H and O–H groups in total. The summed E-state index contributed by atoms with van der Waals surface area (Å²) in [5, 5.41) is 22.2. The number of nitro groups is 2. The number of rotatable bonds is 2. The summed E-state index contributed by atoms with van der Waals surface area (Å²) in [6.07, 6.45) is 0. The Hall–Kier alpha value is -5.64. The highest BCUT2D eigenvalue weighted by Gasteiger charge is 2.40. The Morgan fingerprint density at radius 2 is 0.763 bits per heavy atom. The zero-order valence-electron chi connectivity index (χ0n) is 19.2. The average molecular weight is 506 g/mol. The first kappa shape index (κ1) is 24.1. The maximum absolute atomic E-state index is 12.5. The van der Waals surface area contributed by atoms with Gasteiger partial charge in [-0.1, -0.05) is 72.8 Å². The number of nitrogens with zero attached hydrogens (tertiary/aromatic N) is 2. The van der Waals surface area contributed by atoms with Crippen LogP contribution in [0.1, 0.15) is 63.7 Å². The van der Waals surface area contributed by atoms with Crippen molar-refractivity contribution in [1.82, 2.24) is 0 Å². The average Bonchev–Trinajstić information content (AvgIpc) is 2.94. The van der Waals surface area contributed by atoms with Gasteiger partial charge in [0.1, 0.15) is 5.56 Å². The molecule has 10 nitrogen and oxygen atoms in total.